The Balaban J connectivity index is 2.51. The quantitative estimate of drug-likeness (QED) is 0.924. The van der Waals surface area contributed by atoms with Gasteiger partial charge < -0.3 is 10.3 Å². The predicted molar refractivity (Wildman–Crippen MR) is 80.6 cm³/mol. The maximum atomic E-state index is 13.7. The number of nitrogen functional groups attached to an aromatic ring is 1. The molecule has 2 N–H and O–H groups in total. The van der Waals surface area contributed by atoms with E-state index in [1.807, 2.05) is 24.5 Å². The molecule has 2 aromatic rings. The van der Waals surface area contributed by atoms with Crippen molar-refractivity contribution in [2.45, 2.75) is 46.1 Å². The summed E-state index contributed by atoms with van der Waals surface area (Å²) in [6.07, 6.45) is 3.16. The van der Waals surface area contributed by atoms with E-state index in [0.29, 0.717) is 17.9 Å². The molecule has 0 spiro atoms. The lowest BCUT2D eigenvalue weighted by atomic mass is 10.0. The second-order valence-electron chi connectivity index (χ2n) is 5.77. The second-order valence-corrected chi connectivity index (χ2v) is 5.77. The van der Waals surface area contributed by atoms with Crippen LogP contribution in [0.15, 0.2) is 24.5 Å². The number of nitrogens with zero attached hydrogens (tertiary/aromatic N) is 2. The number of hydrogen-bond acceptors (Lipinski definition) is 2. The molecule has 0 aromatic carbocycles. The lowest BCUT2D eigenvalue weighted by molar-refractivity contribution is 0.0168. The number of rotatable bonds is 4. The molecule has 3 nitrogen and oxygen atoms in total. The number of hydrogen-bond donors (Lipinski definition) is 1. The average molecular weight is 293 g/mol. The van der Waals surface area contributed by atoms with Gasteiger partial charge in [0.05, 0.1) is 6.54 Å². The van der Waals surface area contributed by atoms with E-state index in [9.17, 15) is 8.78 Å². The molecule has 0 atom stereocenters. The molecular weight excluding hydrogens is 272 g/mol. The molecule has 0 saturated heterocycles. The van der Waals surface area contributed by atoms with Crippen LogP contribution in [0.4, 0.5) is 14.6 Å². The number of halogens is 2. The van der Waals surface area contributed by atoms with Crippen LogP contribution in [0.2, 0.25) is 0 Å². The van der Waals surface area contributed by atoms with Gasteiger partial charge in [0.1, 0.15) is 5.82 Å². The maximum absolute atomic E-state index is 13.7. The summed E-state index contributed by atoms with van der Waals surface area (Å²) in [5, 5.41) is 0. The van der Waals surface area contributed by atoms with Crippen LogP contribution in [-0.4, -0.2) is 9.55 Å². The van der Waals surface area contributed by atoms with Crippen LogP contribution in [0.25, 0.3) is 0 Å². The van der Waals surface area contributed by atoms with Crippen LogP contribution in [-0.2, 0) is 12.5 Å². The molecule has 0 bridgehead atoms. The van der Waals surface area contributed by atoms with Crippen molar-refractivity contribution < 1.29 is 8.78 Å². The summed E-state index contributed by atoms with van der Waals surface area (Å²) in [6, 6.07) is 3.66. The maximum Gasteiger partial charge on any atom is 0.272 e. The van der Waals surface area contributed by atoms with Crippen LogP contribution in [0.3, 0.4) is 0 Å². The monoisotopic (exact) mass is 293 g/mol. The largest absolute Gasteiger partial charge is 0.383 e. The molecule has 2 rings (SSSR count). The van der Waals surface area contributed by atoms with Crippen LogP contribution >= 0.6 is 0 Å². The molecule has 0 radical (unpaired) electrons. The molecule has 5 heteroatoms. The summed E-state index contributed by atoms with van der Waals surface area (Å²) in [6.45, 7) is 7.14. The van der Waals surface area contributed by atoms with Crippen LogP contribution in [0, 0.1) is 6.92 Å². The van der Waals surface area contributed by atoms with E-state index in [4.69, 9.17) is 5.73 Å². The summed E-state index contributed by atoms with van der Waals surface area (Å²) in [7, 11) is 0. The van der Waals surface area contributed by atoms with E-state index in [-0.39, 0.29) is 11.5 Å². The van der Waals surface area contributed by atoms with Gasteiger partial charge in [-0.2, -0.15) is 0 Å². The van der Waals surface area contributed by atoms with Crippen molar-refractivity contribution >= 4 is 5.82 Å². The second kappa shape index (κ2) is 5.47. The summed E-state index contributed by atoms with van der Waals surface area (Å²) in [4.78, 5) is 4.04. The highest BCUT2D eigenvalue weighted by atomic mass is 19.3. The lowest BCUT2D eigenvalue weighted by Gasteiger charge is -2.14. The molecule has 2 heterocycles. The van der Waals surface area contributed by atoms with Crippen LogP contribution in [0.1, 0.15) is 49.1 Å². The highest BCUT2D eigenvalue weighted by molar-refractivity contribution is 5.41. The minimum Gasteiger partial charge on any atom is -0.383 e. The Labute approximate surface area is 123 Å². The fraction of sp³-hybridized carbons (Fsp3) is 0.438. The Morgan fingerprint density at radius 1 is 1.38 bits per heavy atom. The van der Waals surface area contributed by atoms with Crippen molar-refractivity contribution in [1.29, 1.82) is 0 Å². The van der Waals surface area contributed by atoms with E-state index in [1.165, 1.54) is 6.20 Å². The molecule has 0 amide bonds. The summed E-state index contributed by atoms with van der Waals surface area (Å²) in [5.74, 6) is -2.26. The Kier molecular flexibility index (Phi) is 4.03. The molecule has 0 fully saturated rings. The van der Waals surface area contributed by atoms with Crippen molar-refractivity contribution in [3.63, 3.8) is 0 Å². The molecule has 0 aliphatic rings. The minimum atomic E-state index is -2.85. The number of pyridine rings is 1. The zero-order chi connectivity index (χ0) is 15.8. The van der Waals surface area contributed by atoms with Crippen molar-refractivity contribution in [2.75, 3.05) is 5.73 Å². The van der Waals surface area contributed by atoms with Gasteiger partial charge in [-0.15, -0.1) is 0 Å². The van der Waals surface area contributed by atoms with E-state index < -0.39 is 5.92 Å². The van der Waals surface area contributed by atoms with Gasteiger partial charge in [-0.05, 0) is 24.5 Å². The molecule has 0 aliphatic heterocycles. The Hall–Kier alpha value is -1.91. The highest BCUT2D eigenvalue weighted by Gasteiger charge is 2.30. The van der Waals surface area contributed by atoms with Crippen LogP contribution < -0.4 is 5.73 Å². The standard InChI is InChI=1S/C16H21F2N3/c1-10(2)14-11(3)13(16(4,17)18)9-21(14)8-12-6-5-7-20-15(12)19/h5-7,9-10H,8H2,1-4H3,(H2,19,20). The van der Waals surface area contributed by atoms with Gasteiger partial charge >= 0.3 is 0 Å². The molecule has 114 valence electrons. The van der Waals surface area contributed by atoms with Gasteiger partial charge in [0.15, 0.2) is 0 Å². The van der Waals surface area contributed by atoms with E-state index in [1.54, 1.807) is 19.2 Å². The molecular formula is C16H21F2N3. The number of alkyl halides is 2. The smallest absolute Gasteiger partial charge is 0.272 e. The third kappa shape index (κ3) is 3.06. The van der Waals surface area contributed by atoms with Crippen molar-refractivity contribution in [3.8, 4) is 0 Å². The predicted octanol–water partition coefficient (Wildman–Crippen LogP) is 4.06. The van der Waals surface area contributed by atoms with Crippen molar-refractivity contribution in [3.05, 3.63) is 46.9 Å². The number of aromatic nitrogens is 2. The molecule has 0 saturated carbocycles. The van der Waals surface area contributed by atoms with Crippen molar-refractivity contribution in [1.82, 2.24) is 9.55 Å². The van der Waals surface area contributed by atoms with Gasteiger partial charge in [-0.1, -0.05) is 19.9 Å². The lowest BCUT2D eigenvalue weighted by Crippen LogP contribution is -2.08. The molecule has 0 aliphatic carbocycles. The average Bonchev–Trinajstić information content (AvgIpc) is 2.69. The number of nitrogens with two attached hydrogens (primary N) is 1. The van der Waals surface area contributed by atoms with Gasteiger partial charge in [0, 0.05) is 36.1 Å². The van der Waals surface area contributed by atoms with E-state index >= 15 is 0 Å². The van der Waals surface area contributed by atoms with Crippen molar-refractivity contribution in [2.24, 2.45) is 0 Å². The first kappa shape index (κ1) is 15.5. The normalized spacial score (nSPS) is 12.1. The highest BCUT2D eigenvalue weighted by Crippen LogP contribution is 2.35. The first-order chi connectivity index (χ1) is 9.71. The third-order valence-electron chi connectivity index (χ3n) is 3.67. The Bertz CT molecular complexity index is 639. The zero-order valence-electron chi connectivity index (χ0n) is 12.8. The molecule has 2 aromatic heterocycles. The van der Waals surface area contributed by atoms with Gasteiger partial charge in [0.2, 0.25) is 0 Å². The number of anilines is 1. The van der Waals surface area contributed by atoms with E-state index in [0.717, 1.165) is 18.2 Å². The van der Waals surface area contributed by atoms with Gasteiger partial charge in [0.25, 0.3) is 5.92 Å². The fourth-order valence-electron chi connectivity index (χ4n) is 2.78. The van der Waals surface area contributed by atoms with E-state index in [2.05, 4.69) is 4.98 Å². The Morgan fingerprint density at radius 2 is 2.05 bits per heavy atom. The molecule has 21 heavy (non-hydrogen) atoms. The SMILES string of the molecule is Cc1c(C(C)(F)F)cn(Cc2cccnc2N)c1C(C)C. The zero-order valence-corrected chi connectivity index (χ0v) is 12.8. The Morgan fingerprint density at radius 3 is 2.57 bits per heavy atom. The minimum absolute atomic E-state index is 0.0775. The first-order valence-corrected chi connectivity index (χ1v) is 6.99. The molecule has 0 unspecified atom stereocenters. The third-order valence-corrected chi connectivity index (χ3v) is 3.67. The van der Waals surface area contributed by atoms with Gasteiger partial charge in [-0.25, -0.2) is 13.8 Å². The first-order valence-electron chi connectivity index (χ1n) is 6.99. The summed E-state index contributed by atoms with van der Waals surface area (Å²) in [5.41, 5.74) is 8.33. The summed E-state index contributed by atoms with van der Waals surface area (Å²) >= 11 is 0. The summed E-state index contributed by atoms with van der Waals surface area (Å²) < 4.78 is 29.3. The van der Waals surface area contributed by atoms with Gasteiger partial charge in [-0.3, -0.25) is 0 Å². The van der Waals surface area contributed by atoms with Crippen LogP contribution in [0.5, 0.6) is 0 Å². The fourth-order valence-corrected chi connectivity index (χ4v) is 2.78. The topological polar surface area (TPSA) is 43.8 Å².